The first kappa shape index (κ1) is 13.1. The first-order valence-corrected chi connectivity index (χ1v) is 6.62. The number of aliphatic hydroxyl groups is 1. The van der Waals surface area contributed by atoms with Crippen molar-refractivity contribution in [2.45, 2.75) is 38.3 Å². The third-order valence-electron chi connectivity index (χ3n) is 3.82. The van der Waals surface area contributed by atoms with E-state index >= 15 is 0 Å². The van der Waals surface area contributed by atoms with Crippen molar-refractivity contribution in [3.05, 3.63) is 35.4 Å². The second-order valence-corrected chi connectivity index (χ2v) is 5.13. The average molecular weight is 244 g/mol. The number of hydrogen-bond acceptors (Lipinski definition) is 3. The number of aliphatic hydroxyl groups excluding tert-OH is 1. The molecule has 1 aromatic rings. The first-order valence-electron chi connectivity index (χ1n) is 6.62. The summed E-state index contributed by atoms with van der Waals surface area (Å²) in [4.78, 5) is 0. The van der Waals surface area contributed by atoms with Crippen LogP contribution in [0.2, 0.25) is 0 Å². The first-order chi connectivity index (χ1) is 8.70. The minimum absolute atomic E-state index is 0.143. The third kappa shape index (κ3) is 3.10. The van der Waals surface area contributed by atoms with E-state index in [-0.39, 0.29) is 12.1 Å². The summed E-state index contributed by atoms with van der Waals surface area (Å²) in [6.45, 7) is 2.94. The van der Waals surface area contributed by atoms with Gasteiger partial charge in [0.05, 0.1) is 17.7 Å². The van der Waals surface area contributed by atoms with Crippen molar-refractivity contribution in [2.24, 2.45) is 5.92 Å². The van der Waals surface area contributed by atoms with Crippen LogP contribution in [0.1, 0.15) is 43.4 Å². The average Bonchev–Trinajstić information content (AvgIpc) is 2.81. The fraction of sp³-hybridized carbons (Fsp3) is 0.533. The van der Waals surface area contributed by atoms with E-state index in [0.29, 0.717) is 11.5 Å². The van der Waals surface area contributed by atoms with Gasteiger partial charge in [-0.05, 0) is 43.4 Å². The second-order valence-electron chi connectivity index (χ2n) is 5.13. The maximum atomic E-state index is 9.77. The highest BCUT2D eigenvalue weighted by Gasteiger charge is 2.25. The molecule has 3 heteroatoms. The number of hydrogen-bond donors (Lipinski definition) is 2. The molecule has 0 aliphatic heterocycles. The van der Waals surface area contributed by atoms with Crippen molar-refractivity contribution in [1.82, 2.24) is 5.32 Å². The van der Waals surface area contributed by atoms with Crippen molar-refractivity contribution in [3.63, 3.8) is 0 Å². The lowest BCUT2D eigenvalue weighted by atomic mass is 10.0. The summed E-state index contributed by atoms with van der Waals surface area (Å²) in [6.07, 6.45) is 3.03. The van der Waals surface area contributed by atoms with Crippen LogP contribution in [0.4, 0.5) is 0 Å². The van der Waals surface area contributed by atoms with Crippen LogP contribution in [0.3, 0.4) is 0 Å². The predicted octanol–water partition coefficient (Wildman–Crippen LogP) is 2.37. The predicted molar refractivity (Wildman–Crippen MR) is 70.9 cm³/mol. The lowest BCUT2D eigenvalue weighted by Crippen LogP contribution is -2.29. The van der Waals surface area contributed by atoms with E-state index in [4.69, 9.17) is 5.26 Å². The zero-order valence-electron chi connectivity index (χ0n) is 10.8. The van der Waals surface area contributed by atoms with Crippen molar-refractivity contribution in [1.29, 1.82) is 5.26 Å². The molecule has 2 N–H and O–H groups in total. The summed E-state index contributed by atoms with van der Waals surface area (Å²) in [6, 6.07) is 10.1. The quantitative estimate of drug-likeness (QED) is 0.855. The molecule has 0 heterocycles. The molecule has 3 atom stereocenters. The van der Waals surface area contributed by atoms with Gasteiger partial charge in [-0.1, -0.05) is 18.6 Å². The summed E-state index contributed by atoms with van der Waals surface area (Å²) in [5.41, 5.74) is 1.82. The summed E-state index contributed by atoms with van der Waals surface area (Å²) < 4.78 is 0. The van der Waals surface area contributed by atoms with Gasteiger partial charge in [0.2, 0.25) is 0 Å². The van der Waals surface area contributed by atoms with Gasteiger partial charge < -0.3 is 10.4 Å². The summed E-state index contributed by atoms with van der Waals surface area (Å²) in [5.74, 6) is 0.381. The zero-order valence-corrected chi connectivity index (χ0v) is 10.8. The molecule has 3 nitrogen and oxygen atoms in total. The minimum Gasteiger partial charge on any atom is -0.393 e. The van der Waals surface area contributed by atoms with Crippen LogP contribution >= 0.6 is 0 Å². The SMILES string of the molecule is CC(NCC1CCCC1O)c1cccc(C#N)c1. The summed E-state index contributed by atoms with van der Waals surface area (Å²) >= 11 is 0. The molecular weight excluding hydrogens is 224 g/mol. The monoisotopic (exact) mass is 244 g/mol. The Balaban J connectivity index is 1.91. The van der Waals surface area contributed by atoms with Crippen molar-refractivity contribution < 1.29 is 5.11 Å². The summed E-state index contributed by atoms with van der Waals surface area (Å²) in [7, 11) is 0. The molecular formula is C15H20N2O. The number of nitrogens with zero attached hydrogens (tertiary/aromatic N) is 1. The lowest BCUT2D eigenvalue weighted by molar-refractivity contribution is 0.130. The van der Waals surface area contributed by atoms with Crippen LogP contribution in [-0.4, -0.2) is 17.8 Å². The fourth-order valence-corrected chi connectivity index (χ4v) is 2.58. The Morgan fingerprint density at radius 2 is 2.33 bits per heavy atom. The Bertz CT molecular complexity index is 438. The molecule has 0 bridgehead atoms. The van der Waals surface area contributed by atoms with Crippen LogP contribution in [0, 0.1) is 17.2 Å². The number of rotatable bonds is 4. The van der Waals surface area contributed by atoms with Crippen LogP contribution in [0.25, 0.3) is 0 Å². The van der Waals surface area contributed by atoms with Crippen molar-refractivity contribution in [2.75, 3.05) is 6.54 Å². The largest absolute Gasteiger partial charge is 0.393 e. The van der Waals surface area contributed by atoms with E-state index in [2.05, 4.69) is 18.3 Å². The van der Waals surface area contributed by atoms with Crippen molar-refractivity contribution >= 4 is 0 Å². The Morgan fingerprint density at radius 1 is 1.50 bits per heavy atom. The molecule has 18 heavy (non-hydrogen) atoms. The highest BCUT2D eigenvalue weighted by Crippen LogP contribution is 2.25. The Morgan fingerprint density at radius 3 is 3.00 bits per heavy atom. The Labute approximate surface area is 108 Å². The number of benzene rings is 1. The zero-order chi connectivity index (χ0) is 13.0. The topological polar surface area (TPSA) is 56.0 Å². The maximum Gasteiger partial charge on any atom is 0.0991 e. The van der Waals surface area contributed by atoms with Gasteiger partial charge in [0, 0.05) is 12.6 Å². The molecule has 0 saturated heterocycles. The summed E-state index contributed by atoms with van der Waals surface area (Å²) in [5, 5.41) is 22.1. The second kappa shape index (κ2) is 5.99. The fourth-order valence-electron chi connectivity index (χ4n) is 2.58. The van der Waals surface area contributed by atoms with Gasteiger partial charge in [-0.3, -0.25) is 0 Å². The Hall–Kier alpha value is -1.37. The standard InChI is InChI=1S/C15H20N2O/c1-11(13-5-2-4-12(8-13)9-16)17-10-14-6-3-7-15(14)18/h2,4-5,8,11,14-15,17-18H,3,6-7,10H2,1H3. The van der Waals surface area contributed by atoms with E-state index in [1.165, 1.54) is 0 Å². The molecule has 0 amide bonds. The molecule has 1 aliphatic rings. The van der Waals surface area contributed by atoms with E-state index in [1.807, 2.05) is 24.3 Å². The third-order valence-corrected chi connectivity index (χ3v) is 3.82. The van der Waals surface area contributed by atoms with E-state index in [0.717, 1.165) is 31.4 Å². The molecule has 1 saturated carbocycles. The smallest absolute Gasteiger partial charge is 0.0991 e. The van der Waals surface area contributed by atoms with Gasteiger partial charge in [-0.2, -0.15) is 5.26 Å². The lowest BCUT2D eigenvalue weighted by Gasteiger charge is -2.19. The maximum absolute atomic E-state index is 9.77. The van der Waals surface area contributed by atoms with E-state index < -0.39 is 0 Å². The van der Waals surface area contributed by atoms with Gasteiger partial charge in [-0.25, -0.2) is 0 Å². The highest BCUT2D eigenvalue weighted by atomic mass is 16.3. The molecule has 2 rings (SSSR count). The molecule has 0 aromatic heterocycles. The van der Waals surface area contributed by atoms with Crippen LogP contribution < -0.4 is 5.32 Å². The van der Waals surface area contributed by atoms with Crippen LogP contribution in [0.5, 0.6) is 0 Å². The van der Waals surface area contributed by atoms with Crippen LogP contribution in [0.15, 0.2) is 24.3 Å². The molecule has 0 radical (unpaired) electrons. The van der Waals surface area contributed by atoms with Crippen LogP contribution in [-0.2, 0) is 0 Å². The van der Waals surface area contributed by atoms with Gasteiger partial charge >= 0.3 is 0 Å². The molecule has 1 fully saturated rings. The van der Waals surface area contributed by atoms with E-state index in [9.17, 15) is 5.11 Å². The van der Waals surface area contributed by atoms with E-state index in [1.54, 1.807) is 0 Å². The van der Waals surface area contributed by atoms with Crippen molar-refractivity contribution in [3.8, 4) is 6.07 Å². The molecule has 0 spiro atoms. The highest BCUT2D eigenvalue weighted by molar-refractivity contribution is 5.34. The van der Waals surface area contributed by atoms with Gasteiger partial charge in [0.15, 0.2) is 0 Å². The molecule has 3 unspecified atom stereocenters. The van der Waals surface area contributed by atoms with Gasteiger partial charge in [0.1, 0.15) is 0 Å². The molecule has 1 aliphatic carbocycles. The molecule has 96 valence electrons. The normalized spacial score (nSPS) is 24.7. The Kier molecular flexibility index (Phi) is 4.35. The molecule has 1 aromatic carbocycles. The number of nitrogens with one attached hydrogen (secondary N) is 1. The van der Waals surface area contributed by atoms with Gasteiger partial charge in [-0.15, -0.1) is 0 Å². The minimum atomic E-state index is -0.143. The van der Waals surface area contributed by atoms with Gasteiger partial charge in [0.25, 0.3) is 0 Å². The number of nitriles is 1.